The van der Waals surface area contributed by atoms with Crippen LogP contribution in [0.5, 0.6) is 11.5 Å². The predicted octanol–water partition coefficient (Wildman–Crippen LogP) is 4.16. The van der Waals surface area contributed by atoms with Gasteiger partial charge in [-0.25, -0.2) is 10.2 Å². The van der Waals surface area contributed by atoms with E-state index in [2.05, 4.69) is 15.8 Å². The lowest BCUT2D eigenvalue weighted by atomic mass is 10.0. The van der Waals surface area contributed by atoms with Crippen molar-refractivity contribution in [2.24, 2.45) is 5.10 Å². The number of hydrazone groups is 1. The SMILES string of the molecule is COc1ccc(NC(=O)C(=O)N/N=C\c2c(OC(=O)c3ccccc3)ccc3ccccc23)cc1. The fraction of sp³-hybridized carbons (Fsp3) is 0.0370. The van der Waals surface area contributed by atoms with Gasteiger partial charge in [0.25, 0.3) is 0 Å². The standard InChI is InChI=1S/C27H21N3O5/c1-34-21-14-12-20(13-15-21)29-25(31)26(32)30-28-17-23-22-10-6-5-7-18(22)11-16-24(23)35-27(33)19-8-3-2-4-9-19/h2-17H,1H3,(H,29,31)(H,30,32)/b28-17-. The van der Waals surface area contributed by atoms with Gasteiger partial charge in [0, 0.05) is 11.3 Å². The van der Waals surface area contributed by atoms with Crippen LogP contribution in [0.15, 0.2) is 96.1 Å². The van der Waals surface area contributed by atoms with Gasteiger partial charge in [0.15, 0.2) is 0 Å². The summed E-state index contributed by atoms with van der Waals surface area (Å²) in [5.74, 6) is -1.49. The van der Waals surface area contributed by atoms with E-state index in [-0.39, 0.29) is 5.75 Å². The molecule has 0 radical (unpaired) electrons. The van der Waals surface area contributed by atoms with Gasteiger partial charge >= 0.3 is 17.8 Å². The molecule has 0 aromatic heterocycles. The van der Waals surface area contributed by atoms with Gasteiger partial charge in [-0.15, -0.1) is 0 Å². The molecule has 0 saturated carbocycles. The van der Waals surface area contributed by atoms with Crippen LogP contribution in [0.4, 0.5) is 5.69 Å². The molecule has 0 aliphatic rings. The van der Waals surface area contributed by atoms with Gasteiger partial charge < -0.3 is 14.8 Å². The summed E-state index contributed by atoms with van der Waals surface area (Å²) in [5.41, 5.74) is 3.50. The Morgan fingerprint density at radius 1 is 0.800 bits per heavy atom. The van der Waals surface area contributed by atoms with Crippen molar-refractivity contribution in [1.82, 2.24) is 5.43 Å². The molecule has 174 valence electrons. The molecule has 0 aliphatic carbocycles. The van der Waals surface area contributed by atoms with Crippen molar-refractivity contribution < 1.29 is 23.9 Å². The average Bonchev–Trinajstić information content (AvgIpc) is 2.90. The van der Waals surface area contributed by atoms with Crippen LogP contribution >= 0.6 is 0 Å². The van der Waals surface area contributed by atoms with Crippen LogP contribution in [0.1, 0.15) is 15.9 Å². The normalized spacial score (nSPS) is 10.7. The Hall–Kier alpha value is -4.98. The number of methoxy groups -OCH3 is 1. The van der Waals surface area contributed by atoms with Gasteiger partial charge in [0.2, 0.25) is 0 Å². The monoisotopic (exact) mass is 467 g/mol. The van der Waals surface area contributed by atoms with E-state index in [1.807, 2.05) is 30.3 Å². The number of benzene rings is 4. The van der Waals surface area contributed by atoms with Crippen molar-refractivity contribution in [3.63, 3.8) is 0 Å². The molecule has 8 nitrogen and oxygen atoms in total. The topological polar surface area (TPSA) is 106 Å². The molecule has 0 atom stereocenters. The zero-order valence-corrected chi connectivity index (χ0v) is 18.7. The van der Waals surface area contributed by atoms with Gasteiger partial charge in [0.1, 0.15) is 11.5 Å². The molecular weight excluding hydrogens is 446 g/mol. The molecule has 0 spiro atoms. The van der Waals surface area contributed by atoms with Gasteiger partial charge in [-0.2, -0.15) is 5.10 Å². The first-order chi connectivity index (χ1) is 17.0. The summed E-state index contributed by atoms with van der Waals surface area (Å²) >= 11 is 0. The second-order valence-electron chi connectivity index (χ2n) is 7.34. The maximum Gasteiger partial charge on any atom is 0.343 e. The lowest BCUT2D eigenvalue weighted by Gasteiger charge is -2.10. The number of fused-ring (bicyclic) bond motifs is 1. The van der Waals surface area contributed by atoms with Crippen LogP contribution in [-0.2, 0) is 9.59 Å². The number of carbonyl (C=O) groups excluding carboxylic acids is 3. The van der Waals surface area contributed by atoms with Crippen LogP contribution < -0.4 is 20.2 Å². The first kappa shape index (κ1) is 23.2. The number of nitrogens with one attached hydrogen (secondary N) is 2. The highest BCUT2D eigenvalue weighted by Crippen LogP contribution is 2.27. The van der Waals surface area contributed by atoms with E-state index in [4.69, 9.17) is 9.47 Å². The summed E-state index contributed by atoms with van der Waals surface area (Å²) < 4.78 is 10.7. The first-order valence-electron chi connectivity index (χ1n) is 10.6. The second kappa shape index (κ2) is 10.8. The third-order valence-corrected chi connectivity index (χ3v) is 5.06. The van der Waals surface area contributed by atoms with Crippen molar-refractivity contribution in [2.45, 2.75) is 0 Å². The quantitative estimate of drug-likeness (QED) is 0.146. The largest absolute Gasteiger partial charge is 0.497 e. The van der Waals surface area contributed by atoms with Crippen molar-refractivity contribution >= 4 is 40.5 Å². The molecule has 4 aromatic carbocycles. The summed E-state index contributed by atoms with van der Waals surface area (Å²) in [6.45, 7) is 0. The smallest absolute Gasteiger partial charge is 0.343 e. The summed E-state index contributed by atoms with van der Waals surface area (Å²) in [4.78, 5) is 37.0. The molecule has 2 amide bonds. The molecule has 0 saturated heterocycles. The third kappa shape index (κ3) is 5.69. The zero-order chi connectivity index (χ0) is 24.6. The highest BCUT2D eigenvalue weighted by molar-refractivity contribution is 6.39. The summed E-state index contributed by atoms with van der Waals surface area (Å²) in [6.07, 6.45) is 1.34. The van der Waals surface area contributed by atoms with Crippen LogP contribution in [-0.4, -0.2) is 31.1 Å². The lowest BCUT2D eigenvalue weighted by Crippen LogP contribution is -2.32. The minimum absolute atomic E-state index is 0.262. The second-order valence-corrected chi connectivity index (χ2v) is 7.34. The van der Waals surface area contributed by atoms with Crippen LogP contribution in [0.2, 0.25) is 0 Å². The van der Waals surface area contributed by atoms with Gasteiger partial charge in [0.05, 0.1) is 18.9 Å². The number of hydrogen-bond donors (Lipinski definition) is 2. The van der Waals surface area contributed by atoms with Crippen molar-refractivity contribution in [2.75, 3.05) is 12.4 Å². The summed E-state index contributed by atoms with van der Waals surface area (Å²) in [7, 11) is 1.53. The predicted molar refractivity (Wildman–Crippen MR) is 133 cm³/mol. The van der Waals surface area contributed by atoms with E-state index in [0.29, 0.717) is 22.6 Å². The molecular formula is C27H21N3O5. The first-order valence-corrected chi connectivity index (χ1v) is 10.6. The average molecular weight is 467 g/mol. The van der Waals surface area contributed by atoms with Crippen LogP contribution in [0.25, 0.3) is 10.8 Å². The maximum absolute atomic E-state index is 12.6. The summed E-state index contributed by atoms with van der Waals surface area (Å²) in [5, 5.41) is 8.05. The molecule has 0 unspecified atom stereocenters. The van der Waals surface area contributed by atoms with E-state index in [9.17, 15) is 14.4 Å². The van der Waals surface area contributed by atoms with Crippen molar-refractivity contribution in [3.05, 3.63) is 102 Å². The fourth-order valence-corrected chi connectivity index (χ4v) is 3.30. The number of nitrogens with zero attached hydrogens (tertiary/aromatic N) is 1. The van der Waals surface area contributed by atoms with Crippen molar-refractivity contribution in [1.29, 1.82) is 0 Å². The molecule has 0 heterocycles. The molecule has 2 N–H and O–H groups in total. The lowest BCUT2D eigenvalue weighted by molar-refractivity contribution is -0.136. The van der Waals surface area contributed by atoms with Gasteiger partial charge in [-0.1, -0.05) is 48.5 Å². The Kier molecular flexibility index (Phi) is 7.13. The number of anilines is 1. The number of carbonyl (C=O) groups is 3. The number of rotatable bonds is 6. The number of amides is 2. The van der Waals surface area contributed by atoms with E-state index < -0.39 is 17.8 Å². The van der Waals surface area contributed by atoms with Gasteiger partial charge in [-0.05, 0) is 53.2 Å². The summed E-state index contributed by atoms with van der Waals surface area (Å²) in [6, 6.07) is 26.1. The van der Waals surface area contributed by atoms with Crippen molar-refractivity contribution in [3.8, 4) is 11.5 Å². The minimum Gasteiger partial charge on any atom is -0.497 e. The maximum atomic E-state index is 12.6. The number of esters is 1. The molecule has 4 rings (SSSR count). The molecule has 35 heavy (non-hydrogen) atoms. The molecule has 4 aromatic rings. The Morgan fingerprint density at radius 2 is 1.51 bits per heavy atom. The number of ether oxygens (including phenoxy) is 2. The third-order valence-electron chi connectivity index (χ3n) is 5.06. The Labute approximate surface area is 201 Å². The van der Waals surface area contributed by atoms with E-state index in [0.717, 1.165) is 10.8 Å². The molecule has 0 fully saturated rings. The zero-order valence-electron chi connectivity index (χ0n) is 18.7. The highest BCUT2D eigenvalue weighted by atomic mass is 16.5. The number of hydrogen-bond acceptors (Lipinski definition) is 6. The Bertz CT molecular complexity index is 1400. The van der Waals surface area contributed by atoms with Crippen LogP contribution in [0.3, 0.4) is 0 Å². The van der Waals surface area contributed by atoms with E-state index in [1.54, 1.807) is 60.7 Å². The Morgan fingerprint density at radius 3 is 2.26 bits per heavy atom. The highest BCUT2D eigenvalue weighted by Gasteiger charge is 2.15. The molecule has 0 bridgehead atoms. The van der Waals surface area contributed by atoms with Gasteiger partial charge in [-0.3, -0.25) is 9.59 Å². The van der Waals surface area contributed by atoms with Crippen LogP contribution in [0, 0.1) is 0 Å². The minimum atomic E-state index is -0.958. The fourth-order valence-electron chi connectivity index (χ4n) is 3.30. The van der Waals surface area contributed by atoms with E-state index in [1.165, 1.54) is 13.3 Å². The Balaban J connectivity index is 1.51. The van der Waals surface area contributed by atoms with E-state index >= 15 is 0 Å². The molecule has 8 heteroatoms. The molecule has 0 aliphatic heterocycles.